The van der Waals surface area contributed by atoms with Crippen LogP contribution in [0, 0.1) is 6.92 Å². The van der Waals surface area contributed by atoms with Crippen molar-refractivity contribution in [2.24, 2.45) is 0 Å². The molecule has 96 valence electrons. The summed E-state index contributed by atoms with van der Waals surface area (Å²) in [7, 11) is 0. The second-order valence-corrected chi connectivity index (χ2v) is 4.42. The Hall–Kier alpha value is -2.63. The Morgan fingerprint density at radius 3 is 2.95 bits per heavy atom. The molecule has 3 N–H and O–H groups in total. The Bertz CT molecular complexity index is 802. The van der Waals surface area contributed by atoms with Crippen molar-refractivity contribution >= 4 is 17.1 Å². The van der Waals surface area contributed by atoms with Gasteiger partial charge in [0.05, 0.1) is 12.9 Å². The predicted molar refractivity (Wildman–Crippen MR) is 72.8 cm³/mol. The van der Waals surface area contributed by atoms with Crippen molar-refractivity contribution in [3.05, 3.63) is 52.1 Å². The van der Waals surface area contributed by atoms with Crippen LogP contribution in [0.1, 0.15) is 11.1 Å². The molecule has 0 saturated carbocycles. The lowest BCUT2D eigenvalue weighted by Crippen LogP contribution is -2.12. The number of benzene rings is 1. The van der Waals surface area contributed by atoms with E-state index >= 15 is 0 Å². The number of nitrogens with zero attached hydrogens (tertiary/aromatic N) is 3. The van der Waals surface area contributed by atoms with Gasteiger partial charge in [-0.3, -0.25) is 9.78 Å². The molecular formula is C13H13N5O. The monoisotopic (exact) mass is 255 g/mol. The third kappa shape index (κ3) is 1.97. The van der Waals surface area contributed by atoms with Gasteiger partial charge in [-0.05, 0) is 18.1 Å². The van der Waals surface area contributed by atoms with Crippen LogP contribution in [0.15, 0.2) is 35.4 Å². The first kappa shape index (κ1) is 11.5. The molecule has 6 heteroatoms. The molecule has 0 unspecified atom stereocenters. The number of nitrogens with one attached hydrogen (secondary N) is 1. The standard InChI is InChI=1S/C13H13N5O/c1-8-4-2-3-5-9(8)6-18-7-15-10-11(18)16-13(14)17-12(10)19/h2-5,7H,6H2,1H3,(H3,14,16,17,19). The molecule has 0 aliphatic heterocycles. The van der Waals surface area contributed by atoms with E-state index in [2.05, 4.69) is 15.0 Å². The molecule has 1 aromatic carbocycles. The lowest BCUT2D eigenvalue weighted by atomic mass is 10.1. The van der Waals surface area contributed by atoms with Gasteiger partial charge in [0.25, 0.3) is 5.56 Å². The van der Waals surface area contributed by atoms with Crippen LogP contribution in [0.5, 0.6) is 0 Å². The average Bonchev–Trinajstić information content (AvgIpc) is 2.76. The number of rotatable bonds is 2. The first-order valence-electron chi connectivity index (χ1n) is 5.90. The molecule has 0 bridgehead atoms. The fourth-order valence-electron chi connectivity index (χ4n) is 2.06. The lowest BCUT2D eigenvalue weighted by Gasteiger charge is -2.07. The summed E-state index contributed by atoms with van der Waals surface area (Å²) >= 11 is 0. The highest BCUT2D eigenvalue weighted by atomic mass is 16.1. The number of nitrogens with two attached hydrogens (primary N) is 1. The van der Waals surface area contributed by atoms with Crippen molar-refractivity contribution in [1.82, 2.24) is 19.5 Å². The maximum absolute atomic E-state index is 11.7. The topological polar surface area (TPSA) is 89.6 Å². The summed E-state index contributed by atoms with van der Waals surface area (Å²) in [4.78, 5) is 22.3. The van der Waals surface area contributed by atoms with Crippen LogP contribution in [0.2, 0.25) is 0 Å². The number of H-pyrrole nitrogens is 1. The number of fused-ring (bicyclic) bond motifs is 1. The normalized spacial score (nSPS) is 11.0. The second-order valence-electron chi connectivity index (χ2n) is 4.42. The van der Waals surface area contributed by atoms with Crippen molar-refractivity contribution in [2.75, 3.05) is 5.73 Å². The number of aromatic amines is 1. The summed E-state index contributed by atoms with van der Waals surface area (Å²) in [6, 6.07) is 8.06. The number of hydrogen-bond donors (Lipinski definition) is 2. The molecular weight excluding hydrogens is 242 g/mol. The van der Waals surface area contributed by atoms with Gasteiger partial charge in [0, 0.05) is 0 Å². The summed E-state index contributed by atoms with van der Waals surface area (Å²) in [5.74, 6) is 0.101. The Balaban J connectivity index is 2.12. The lowest BCUT2D eigenvalue weighted by molar-refractivity contribution is 0.808. The molecule has 0 spiro atoms. The van der Waals surface area contributed by atoms with Crippen LogP contribution in [0.25, 0.3) is 11.2 Å². The minimum Gasteiger partial charge on any atom is -0.369 e. The zero-order valence-electron chi connectivity index (χ0n) is 10.4. The number of anilines is 1. The molecule has 0 aliphatic carbocycles. The molecule has 0 saturated heterocycles. The van der Waals surface area contributed by atoms with Crippen molar-refractivity contribution in [1.29, 1.82) is 0 Å². The quantitative estimate of drug-likeness (QED) is 0.716. The summed E-state index contributed by atoms with van der Waals surface area (Å²) in [5.41, 5.74) is 8.40. The zero-order valence-corrected chi connectivity index (χ0v) is 10.4. The minimum absolute atomic E-state index is 0.101. The highest BCUT2D eigenvalue weighted by Crippen LogP contribution is 2.13. The van der Waals surface area contributed by atoms with Crippen molar-refractivity contribution < 1.29 is 0 Å². The van der Waals surface area contributed by atoms with Crippen LogP contribution in [0.3, 0.4) is 0 Å². The Labute approximate surface area is 108 Å². The van der Waals surface area contributed by atoms with E-state index in [1.54, 1.807) is 6.33 Å². The third-order valence-electron chi connectivity index (χ3n) is 3.10. The van der Waals surface area contributed by atoms with E-state index in [4.69, 9.17) is 5.73 Å². The first-order valence-corrected chi connectivity index (χ1v) is 5.90. The van der Waals surface area contributed by atoms with Gasteiger partial charge in [0.2, 0.25) is 5.95 Å². The van der Waals surface area contributed by atoms with Crippen molar-refractivity contribution in [3.63, 3.8) is 0 Å². The molecule has 0 radical (unpaired) electrons. The number of imidazole rings is 1. The Kier molecular flexibility index (Phi) is 2.56. The molecule has 6 nitrogen and oxygen atoms in total. The van der Waals surface area contributed by atoms with Crippen LogP contribution >= 0.6 is 0 Å². The molecule has 3 aromatic rings. The van der Waals surface area contributed by atoms with Gasteiger partial charge in [-0.25, -0.2) is 4.98 Å². The van der Waals surface area contributed by atoms with E-state index in [-0.39, 0.29) is 11.5 Å². The van der Waals surface area contributed by atoms with Crippen molar-refractivity contribution in [2.45, 2.75) is 13.5 Å². The highest BCUT2D eigenvalue weighted by Gasteiger charge is 2.09. The van der Waals surface area contributed by atoms with Gasteiger partial charge in [0.1, 0.15) is 0 Å². The molecule has 0 amide bonds. The fraction of sp³-hybridized carbons (Fsp3) is 0.154. The number of nitrogen functional groups attached to an aromatic ring is 1. The van der Waals surface area contributed by atoms with E-state index in [1.807, 2.05) is 35.8 Å². The van der Waals surface area contributed by atoms with Gasteiger partial charge in [-0.2, -0.15) is 4.98 Å². The maximum atomic E-state index is 11.7. The highest BCUT2D eigenvalue weighted by molar-refractivity contribution is 5.70. The molecule has 0 aliphatic rings. The molecule has 0 atom stereocenters. The molecule has 2 aromatic heterocycles. The van der Waals surface area contributed by atoms with E-state index in [1.165, 1.54) is 5.56 Å². The molecule has 2 heterocycles. The summed E-state index contributed by atoms with van der Waals surface area (Å²) in [6.07, 6.45) is 1.61. The minimum atomic E-state index is -0.314. The van der Waals surface area contributed by atoms with Crippen molar-refractivity contribution in [3.8, 4) is 0 Å². The largest absolute Gasteiger partial charge is 0.369 e. The zero-order chi connectivity index (χ0) is 13.4. The first-order chi connectivity index (χ1) is 9.15. The fourth-order valence-corrected chi connectivity index (χ4v) is 2.06. The number of aryl methyl sites for hydroxylation is 1. The van der Waals surface area contributed by atoms with Gasteiger partial charge in [-0.1, -0.05) is 24.3 Å². The molecule has 0 fully saturated rings. The molecule has 3 rings (SSSR count). The van der Waals surface area contributed by atoms with Gasteiger partial charge in [-0.15, -0.1) is 0 Å². The third-order valence-corrected chi connectivity index (χ3v) is 3.10. The summed E-state index contributed by atoms with van der Waals surface area (Å²) < 4.78 is 1.82. The van der Waals surface area contributed by atoms with Crippen LogP contribution < -0.4 is 11.3 Å². The molecule has 19 heavy (non-hydrogen) atoms. The SMILES string of the molecule is Cc1ccccc1Cn1cnc2c(=O)[nH]c(N)nc21. The summed E-state index contributed by atoms with van der Waals surface area (Å²) in [6.45, 7) is 2.65. The maximum Gasteiger partial charge on any atom is 0.280 e. The Morgan fingerprint density at radius 1 is 1.37 bits per heavy atom. The predicted octanol–water partition coefficient (Wildman–Crippen LogP) is 1.06. The number of aromatic nitrogens is 4. The Morgan fingerprint density at radius 2 is 2.16 bits per heavy atom. The van der Waals surface area contributed by atoms with E-state index in [0.29, 0.717) is 17.7 Å². The number of hydrogen-bond acceptors (Lipinski definition) is 4. The van der Waals surface area contributed by atoms with Gasteiger partial charge < -0.3 is 10.3 Å². The van der Waals surface area contributed by atoms with E-state index in [0.717, 1.165) is 5.56 Å². The average molecular weight is 255 g/mol. The van der Waals surface area contributed by atoms with E-state index in [9.17, 15) is 4.79 Å². The second kappa shape index (κ2) is 4.24. The van der Waals surface area contributed by atoms with Gasteiger partial charge in [0.15, 0.2) is 11.2 Å². The van der Waals surface area contributed by atoms with E-state index < -0.39 is 0 Å². The summed E-state index contributed by atoms with van der Waals surface area (Å²) in [5, 5.41) is 0. The smallest absolute Gasteiger partial charge is 0.280 e. The van der Waals surface area contributed by atoms with Gasteiger partial charge >= 0.3 is 0 Å². The van der Waals surface area contributed by atoms with Crippen LogP contribution in [-0.2, 0) is 6.54 Å². The van der Waals surface area contributed by atoms with Crippen LogP contribution in [-0.4, -0.2) is 19.5 Å². The van der Waals surface area contributed by atoms with Crippen LogP contribution in [0.4, 0.5) is 5.95 Å².